The molecule has 1 fully saturated rings. The van der Waals surface area contributed by atoms with E-state index in [1.165, 1.54) is 6.07 Å². The van der Waals surface area contributed by atoms with Crippen molar-refractivity contribution in [3.63, 3.8) is 0 Å². The lowest BCUT2D eigenvalue weighted by molar-refractivity contribution is -0.124. The molecule has 1 saturated heterocycles. The third-order valence-electron chi connectivity index (χ3n) is 4.98. The molecule has 32 heavy (non-hydrogen) atoms. The van der Waals surface area contributed by atoms with E-state index >= 15 is 0 Å². The standard InChI is InChI=1S/C23H28F2N4O3/c1-15-8-9-19(32-22(24)25)17(11-15)14-28-23(26-2)27-13-16-5-3-6-18(12-16)29-21(30)20-7-4-10-31-20/h3,5-6,8-9,11-12,20,22H,4,7,10,13-14H2,1-2H3,(H,29,30)(H2,26,27,28). The van der Waals surface area contributed by atoms with Gasteiger partial charge in [-0.15, -0.1) is 0 Å². The second-order valence-electron chi connectivity index (χ2n) is 7.46. The summed E-state index contributed by atoms with van der Waals surface area (Å²) in [5.41, 5.74) is 3.18. The number of anilines is 1. The Hall–Kier alpha value is -3.20. The Labute approximate surface area is 186 Å². The van der Waals surface area contributed by atoms with E-state index in [0.717, 1.165) is 24.0 Å². The number of nitrogens with zero attached hydrogens (tertiary/aromatic N) is 1. The van der Waals surface area contributed by atoms with E-state index in [1.807, 2.05) is 31.2 Å². The van der Waals surface area contributed by atoms with Gasteiger partial charge in [-0.2, -0.15) is 8.78 Å². The van der Waals surface area contributed by atoms with Gasteiger partial charge in [-0.05, 0) is 43.5 Å². The number of guanidine groups is 1. The van der Waals surface area contributed by atoms with Crippen LogP contribution in [-0.4, -0.2) is 38.2 Å². The molecule has 1 aliphatic rings. The van der Waals surface area contributed by atoms with Crippen molar-refractivity contribution in [1.82, 2.24) is 10.6 Å². The Morgan fingerprint density at radius 2 is 2.03 bits per heavy atom. The van der Waals surface area contributed by atoms with E-state index in [-0.39, 0.29) is 24.3 Å². The summed E-state index contributed by atoms with van der Waals surface area (Å²) in [5.74, 6) is 0.497. The molecule has 1 atom stereocenters. The maximum atomic E-state index is 12.7. The number of benzene rings is 2. The topological polar surface area (TPSA) is 84.0 Å². The largest absolute Gasteiger partial charge is 0.434 e. The number of alkyl halides is 2. The number of aryl methyl sites for hydroxylation is 1. The van der Waals surface area contributed by atoms with Crippen LogP contribution in [0.15, 0.2) is 47.5 Å². The fraction of sp³-hybridized carbons (Fsp3) is 0.391. The molecule has 2 aromatic rings. The van der Waals surface area contributed by atoms with E-state index < -0.39 is 6.61 Å². The number of amides is 1. The number of nitrogens with one attached hydrogen (secondary N) is 3. The highest BCUT2D eigenvalue weighted by Gasteiger charge is 2.23. The summed E-state index contributed by atoms with van der Waals surface area (Å²) < 4.78 is 35.3. The first kappa shape index (κ1) is 23.5. The average molecular weight is 446 g/mol. The van der Waals surface area contributed by atoms with Crippen LogP contribution in [0, 0.1) is 6.92 Å². The fourth-order valence-electron chi connectivity index (χ4n) is 3.41. The van der Waals surface area contributed by atoms with Crippen molar-refractivity contribution in [2.45, 2.75) is 45.6 Å². The number of halogens is 2. The third-order valence-corrected chi connectivity index (χ3v) is 4.98. The molecule has 0 aromatic heterocycles. The van der Waals surface area contributed by atoms with Gasteiger partial charge >= 0.3 is 6.61 Å². The van der Waals surface area contributed by atoms with Gasteiger partial charge in [0.1, 0.15) is 11.9 Å². The molecule has 1 amide bonds. The van der Waals surface area contributed by atoms with Crippen LogP contribution in [0.5, 0.6) is 5.75 Å². The van der Waals surface area contributed by atoms with Crippen LogP contribution in [0.3, 0.4) is 0 Å². The van der Waals surface area contributed by atoms with Crippen LogP contribution in [-0.2, 0) is 22.6 Å². The third kappa shape index (κ3) is 6.91. The minimum atomic E-state index is -2.89. The van der Waals surface area contributed by atoms with E-state index in [1.54, 1.807) is 19.2 Å². The molecule has 1 aliphatic heterocycles. The lowest BCUT2D eigenvalue weighted by atomic mass is 10.1. The van der Waals surface area contributed by atoms with Gasteiger partial charge in [0.2, 0.25) is 0 Å². The number of aliphatic imine (C=N–C) groups is 1. The Morgan fingerprint density at radius 3 is 2.75 bits per heavy atom. The van der Waals surface area contributed by atoms with E-state index in [4.69, 9.17) is 4.74 Å². The second-order valence-corrected chi connectivity index (χ2v) is 7.46. The minimum Gasteiger partial charge on any atom is -0.434 e. The molecule has 3 rings (SSSR count). The predicted molar refractivity (Wildman–Crippen MR) is 119 cm³/mol. The van der Waals surface area contributed by atoms with Gasteiger partial charge in [0.05, 0.1) is 0 Å². The number of hydrogen-bond acceptors (Lipinski definition) is 4. The quantitative estimate of drug-likeness (QED) is 0.427. The molecule has 0 spiro atoms. The molecule has 0 bridgehead atoms. The summed E-state index contributed by atoms with van der Waals surface area (Å²) in [7, 11) is 1.63. The van der Waals surface area contributed by atoms with Gasteiger partial charge in [0, 0.05) is 38.0 Å². The molecule has 3 N–H and O–H groups in total. The Bertz CT molecular complexity index is 947. The molecular weight excluding hydrogens is 418 g/mol. The first-order chi connectivity index (χ1) is 15.4. The van der Waals surface area contributed by atoms with E-state index in [0.29, 0.717) is 30.4 Å². The number of carbonyl (C=O) groups is 1. The molecular formula is C23H28F2N4O3. The number of rotatable bonds is 8. The van der Waals surface area contributed by atoms with Crippen LogP contribution in [0.4, 0.5) is 14.5 Å². The molecule has 1 unspecified atom stereocenters. The summed E-state index contributed by atoms with van der Waals surface area (Å²) >= 11 is 0. The summed E-state index contributed by atoms with van der Waals surface area (Å²) in [6.45, 7) is 0.333. The summed E-state index contributed by atoms with van der Waals surface area (Å²) in [6, 6.07) is 12.5. The second kappa shape index (κ2) is 11.4. The lowest BCUT2D eigenvalue weighted by Gasteiger charge is -2.16. The SMILES string of the molecule is CN=C(NCc1cccc(NC(=O)C2CCCO2)c1)NCc1cc(C)ccc1OC(F)F. The highest BCUT2D eigenvalue weighted by Crippen LogP contribution is 2.22. The minimum absolute atomic E-state index is 0.128. The molecule has 0 saturated carbocycles. The fourth-order valence-corrected chi connectivity index (χ4v) is 3.41. The van der Waals surface area contributed by atoms with Crippen molar-refractivity contribution >= 4 is 17.6 Å². The Morgan fingerprint density at radius 1 is 1.22 bits per heavy atom. The highest BCUT2D eigenvalue weighted by molar-refractivity contribution is 5.94. The van der Waals surface area contributed by atoms with Crippen molar-refractivity contribution in [3.05, 3.63) is 59.2 Å². The monoisotopic (exact) mass is 446 g/mol. The molecule has 0 aliphatic carbocycles. The van der Waals surface area contributed by atoms with Gasteiger partial charge in [-0.25, -0.2) is 0 Å². The summed E-state index contributed by atoms with van der Waals surface area (Å²) in [4.78, 5) is 16.4. The van der Waals surface area contributed by atoms with Crippen LogP contribution in [0.2, 0.25) is 0 Å². The van der Waals surface area contributed by atoms with Gasteiger partial charge in [0.15, 0.2) is 5.96 Å². The Kier molecular flexibility index (Phi) is 8.38. The smallest absolute Gasteiger partial charge is 0.387 e. The van der Waals surface area contributed by atoms with Crippen LogP contribution in [0.25, 0.3) is 0 Å². The van der Waals surface area contributed by atoms with Crippen molar-refractivity contribution in [2.24, 2.45) is 4.99 Å². The van der Waals surface area contributed by atoms with Crippen LogP contribution >= 0.6 is 0 Å². The molecule has 2 aromatic carbocycles. The normalized spacial score (nSPS) is 16.2. The van der Waals surface area contributed by atoms with Crippen molar-refractivity contribution in [3.8, 4) is 5.75 Å². The van der Waals surface area contributed by atoms with E-state index in [2.05, 4.69) is 25.7 Å². The predicted octanol–water partition coefficient (Wildman–Crippen LogP) is 3.58. The Balaban J connectivity index is 1.55. The zero-order valence-electron chi connectivity index (χ0n) is 18.2. The lowest BCUT2D eigenvalue weighted by Crippen LogP contribution is -2.36. The van der Waals surface area contributed by atoms with Gasteiger partial charge < -0.3 is 25.4 Å². The molecule has 1 heterocycles. The number of carbonyl (C=O) groups excluding carboxylic acids is 1. The van der Waals surface area contributed by atoms with Crippen molar-refractivity contribution in [2.75, 3.05) is 19.0 Å². The first-order valence-electron chi connectivity index (χ1n) is 10.4. The number of ether oxygens (including phenoxy) is 2. The average Bonchev–Trinajstić information content (AvgIpc) is 3.31. The van der Waals surface area contributed by atoms with Crippen LogP contribution in [0.1, 0.15) is 29.5 Å². The summed E-state index contributed by atoms with van der Waals surface area (Å²) in [5, 5.41) is 9.17. The molecule has 7 nitrogen and oxygen atoms in total. The maximum Gasteiger partial charge on any atom is 0.387 e. The maximum absolute atomic E-state index is 12.7. The molecule has 0 radical (unpaired) electrons. The first-order valence-corrected chi connectivity index (χ1v) is 10.4. The summed E-state index contributed by atoms with van der Waals surface area (Å²) in [6.07, 6.45) is 1.24. The zero-order valence-corrected chi connectivity index (χ0v) is 18.2. The van der Waals surface area contributed by atoms with E-state index in [9.17, 15) is 13.6 Å². The van der Waals surface area contributed by atoms with Crippen molar-refractivity contribution < 1.29 is 23.0 Å². The van der Waals surface area contributed by atoms with Gasteiger partial charge in [0.25, 0.3) is 5.91 Å². The zero-order chi connectivity index (χ0) is 22.9. The van der Waals surface area contributed by atoms with Gasteiger partial charge in [-0.1, -0.05) is 29.8 Å². The number of hydrogen-bond donors (Lipinski definition) is 3. The van der Waals surface area contributed by atoms with Crippen molar-refractivity contribution in [1.29, 1.82) is 0 Å². The molecule has 172 valence electrons. The van der Waals surface area contributed by atoms with Crippen LogP contribution < -0.4 is 20.7 Å². The highest BCUT2D eigenvalue weighted by atomic mass is 19.3. The molecule has 9 heteroatoms. The van der Waals surface area contributed by atoms with Gasteiger partial charge in [-0.3, -0.25) is 9.79 Å².